The lowest BCUT2D eigenvalue weighted by molar-refractivity contribution is 0.601. The molecule has 2 N–H and O–H groups in total. The number of nitrogens with one attached hydrogen (secondary N) is 2. The van der Waals surface area contributed by atoms with Crippen LogP contribution in [0.4, 0.5) is 5.82 Å². The Bertz CT molecular complexity index is 765. The Kier molecular flexibility index (Phi) is 3.34. The first-order valence-electron chi connectivity index (χ1n) is 5.40. The number of hydrogen-bond acceptors (Lipinski definition) is 5. The number of aromatic nitrogens is 2. The van der Waals surface area contributed by atoms with Crippen LogP contribution >= 0.6 is 11.3 Å². The molecule has 2 heterocycles. The van der Waals surface area contributed by atoms with Crippen LogP contribution in [0.2, 0.25) is 0 Å². The molecular weight excluding hydrogens is 284 g/mol. The summed E-state index contributed by atoms with van der Waals surface area (Å²) in [5.41, 5.74) is 0.728. The van der Waals surface area contributed by atoms with Gasteiger partial charge in [0.05, 0.1) is 5.69 Å². The summed E-state index contributed by atoms with van der Waals surface area (Å²) in [6.07, 6.45) is 0. The van der Waals surface area contributed by atoms with Crippen molar-refractivity contribution in [3.63, 3.8) is 0 Å². The zero-order valence-electron chi connectivity index (χ0n) is 10.6. The predicted molar refractivity (Wildman–Crippen MR) is 72.6 cm³/mol. The Morgan fingerprint density at radius 1 is 1.42 bits per heavy atom. The van der Waals surface area contributed by atoms with Crippen LogP contribution in [0.3, 0.4) is 0 Å². The maximum absolute atomic E-state index is 12.2. The summed E-state index contributed by atoms with van der Waals surface area (Å²) < 4.78 is 26.8. The molecule has 8 heteroatoms. The normalized spacial score (nSPS) is 11.3. The van der Waals surface area contributed by atoms with Crippen molar-refractivity contribution in [1.82, 2.24) is 10.2 Å². The first-order chi connectivity index (χ1) is 8.85. The first kappa shape index (κ1) is 13.6. The number of hydrogen-bond donors (Lipinski definition) is 2. The van der Waals surface area contributed by atoms with Crippen molar-refractivity contribution < 1.29 is 8.42 Å². The molecule has 0 unspecified atom stereocenters. The Balaban J connectivity index is 2.43. The van der Waals surface area contributed by atoms with E-state index in [1.54, 1.807) is 19.9 Å². The van der Waals surface area contributed by atoms with E-state index < -0.39 is 10.0 Å². The standard InChI is InChI=1S/C11H12N4O2S2/c1-6-4-10(8(3)18-6)19(16,17)15-11-9(5-12)7(2)13-14-11/h4H,1-3H3,(H2,13,14,15). The lowest BCUT2D eigenvalue weighted by Gasteiger charge is -2.04. The van der Waals surface area contributed by atoms with Crippen molar-refractivity contribution >= 4 is 27.2 Å². The number of aryl methyl sites for hydroxylation is 3. The summed E-state index contributed by atoms with van der Waals surface area (Å²) in [4.78, 5) is 1.84. The minimum atomic E-state index is -3.72. The number of aromatic amines is 1. The highest BCUT2D eigenvalue weighted by Crippen LogP contribution is 2.27. The first-order valence-corrected chi connectivity index (χ1v) is 7.70. The molecule has 0 bridgehead atoms. The van der Waals surface area contributed by atoms with Crippen LogP contribution in [0, 0.1) is 32.1 Å². The van der Waals surface area contributed by atoms with E-state index in [-0.39, 0.29) is 16.3 Å². The maximum atomic E-state index is 12.2. The van der Waals surface area contributed by atoms with E-state index in [9.17, 15) is 8.42 Å². The molecule has 2 rings (SSSR count). The van der Waals surface area contributed by atoms with E-state index in [4.69, 9.17) is 5.26 Å². The van der Waals surface area contributed by atoms with Gasteiger partial charge >= 0.3 is 0 Å². The van der Waals surface area contributed by atoms with Gasteiger partial charge in [-0.25, -0.2) is 8.42 Å². The second-order valence-electron chi connectivity index (χ2n) is 4.07. The predicted octanol–water partition coefficient (Wildman–Crippen LogP) is 2.07. The lowest BCUT2D eigenvalue weighted by atomic mass is 10.3. The molecule has 19 heavy (non-hydrogen) atoms. The molecule has 0 spiro atoms. The van der Waals surface area contributed by atoms with Gasteiger partial charge < -0.3 is 0 Å². The van der Waals surface area contributed by atoms with Gasteiger partial charge in [-0.3, -0.25) is 9.82 Å². The van der Waals surface area contributed by atoms with E-state index in [2.05, 4.69) is 14.9 Å². The fourth-order valence-electron chi connectivity index (χ4n) is 1.70. The second kappa shape index (κ2) is 4.68. The van der Waals surface area contributed by atoms with Gasteiger partial charge in [0.15, 0.2) is 5.82 Å². The number of anilines is 1. The topological polar surface area (TPSA) is 98.6 Å². The molecule has 0 amide bonds. The summed E-state index contributed by atoms with van der Waals surface area (Å²) in [7, 11) is -3.72. The smallest absolute Gasteiger partial charge is 0.264 e. The molecule has 0 aliphatic heterocycles. The van der Waals surface area contributed by atoms with Crippen LogP contribution in [-0.2, 0) is 10.0 Å². The van der Waals surface area contributed by atoms with Crippen molar-refractivity contribution in [2.45, 2.75) is 25.7 Å². The molecule has 0 aliphatic rings. The van der Waals surface area contributed by atoms with Gasteiger partial charge in [0.1, 0.15) is 16.5 Å². The fraction of sp³-hybridized carbons (Fsp3) is 0.273. The number of thiophene rings is 1. The van der Waals surface area contributed by atoms with E-state index in [0.717, 1.165) is 4.88 Å². The van der Waals surface area contributed by atoms with Crippen molar-refractivity contribution in [2.75, 3.05) is 4.72 Å². The number of rotatable bonds is 3. The van der Waals surface area contributed by atoms with Gasteiger partial charge in [-0.15, -0.1) is 11.3 Å². The third-order valence-corrected chi connectivity index (χ3v) is 5.14. The zero-order chi connectivity index (χ0) is 14.2. The van der Waals surface area contributed by atoms with Gasteiger partial charge in [0, 0.05) is 9.75 Å². The third-order valence-electron chi connectivity index (χ3n) is 2.58. The minimum absolute atomic E-state index is 0.0308. The highest BCUT2D eigenvalue weighted by atomic mass is 32.2. The van der Waals surface area contributed by atoms with Crippen LogP contribution in [0.15, 0.2) is 11.0 Å². The minimum Gasteiger partial charge on any atom is -0.279 e. The van der Waals surface area contributed by atoms with Gasteiger partial charge in [-0.05, 0) is 26.8 Å². The number of H-pyrrole nitrogens is 1. The summed E-state index contributed by atoms with van der Waals surface area (Å²) in [6, 6.07) is 3.52. The highest BCUT2D eigenvalue weighted by Gasteiger charge is 2.22. The Labute approximate surface area is 115 Å². The maximum Gasteiger partial charge on any atom is 0.264 e. The SMILES string of the molecule is Cc1cc(S(=O)(=O)Nc2n[nH]c(C)c2C#N)c(C)s1. The lowest BCUT2D eigenvalue weighted by Crippen LogP contribution is -2.14. The summed E-state index contributed by atoms with van der Waals surface area (Å²) in [5.74, 6) is 0.0308. The molecule has 0 aliphatic carbocycles. The average molecular weight is 296 g/mol. The number of sulfonamides is 1. The Morgan fingerprint density at radius 3 is 2.63 bits per heavy atom. The van der Waals surface area contributed by atoms with Crippen LogP contribution in [0.5, 0.6) is 0 Å². The van der Waals surface area contributed by atoms with Gasteiger partial charge in [0.25, 0.3) is 10.0 Å². The van der Waals surface area contributed by atoms with Gasteiger partial charge in [-0.2, -0.15) is 10.4 Å². The van der Waals surface area contributed by atoms with E-state index in [0.29, 0.717) is 10.6 Å². The summed E-state index contributed by atoms with van der Waals surface area (Å²) in [6.45, 7) is 5.24. The zero-order valence-corrected chi connectivity index (χ0v) is 12.2. The molecule has 2 aromatic heterocycles. The van der Waals surface area contributed by atoms with E-state index in [1.807, 2.05) is 13.0 Å². The summed E-state index contributed by atoms with van der Waals surface area (Å²) >= 11 is 1.41. The van der Waals surface area contributed by atoms with Crippen LogP contribution in [0.25, 0.3) is 0 Å². The highest BCUT2D eigenvalue weighted by molar-refractivity contribution is 7.93. The third kappa shape index (κ3) is 2.47. The quantitative estimate of drug-likeness (QED) is 0.905. The second-order valence-corrected chi connectivity index (χ2v) is 7.18. The molecule has 0 fully saturated rings. The summed E-state index contributed by atoms with van der Waals surface area (Å²) in [5, 5.41) is 15.4. The fourth-order valence-corrected chi connectivity index (χ4v) is 4.27. The Hall–Kier alpha value is -1.85. The van der Waals surface area contributed by atoms with E-state index in [1.165, 1.54) is 11.3 Å². The molecule has 0 aromatic carbocycles. The van der Waals surface area contributed by atoms with Gasteiger partial charge in [-0.1, -0.05) is 0 Å². The Morgan fingerprint density at radius 2 is 2.11 bits per heavy atom. The monoisotopic (exact) mass is 296 g/mol. The average Bonchev–Trinajstić information content (AvgIpc) is 2.82. The molecule has 0 saturated carbocycles. The number of nitriles is 1. The van der Waals surface area contributed by atoms with Crippen molar-refractivity contribution in [3.8, 4) is 6.07 Å². The van der Waals surface area contributed by atoms with Crippen molar-refractivity contribution in [3.05, 3.63) is 27.1 Å². The number of nitrogens with zero attached hydrogens (tertiary/aromatic N) is 2. The van der Waals surface area contributed by atoms with E-state index >= 15 is 0 Å². The molecule has 0 radical (unpaired) electrons. The largest absolute Gasteiger partial charge is 0.279 e. The van der Waals surface area contributed by atoms with Crippen molar-refractivity contribution in [2.24, 2.45) is 0 Å². The molecule has 0 saturated heterocycles. The van der Waals surface area contributed by atoms with Crippen LogP contribution in [0.1, 0.15) is 21.0 Å². The van der Waals surface area contributed by atoms with Crippen LogP contribution in [-0.4, -0.2) is 18.6 Å². The van der Waals surface area contributed by atoms with Crippen LogP contribution < -0.4 is 4.72 Å². The molecular formula is C11H12N4O2S2. The van der Waals surface area contributed by atoms with Crippen molar-refractivity contribution in [1.29, 1.82) is 5.26 Å². The molecule has 100 valence electrons. The molecule has 0 atom stereocenters. The molecule has 2 aromatic rings. The van der Waals surface area contributed by atoms with Gasteiger partial charge in [0.2, 0.25) is 0 Å². The molecule has 6 nitrogen and oxygen atoms in total.